The van der Waals surface area contributed by atoms with Gasteiger partial charge in [0.15, 0.2) is 0 Å². The molecule has 1 aromatic rings. The van der Waals surface area contributed by atoms with Crippen LogP contribution in [0.5, 0.6) is 0 Å². The van der Waals surface area contributed by atoms with E-state index in [1.807, 2.05) is 12.1 Å². The molecule has 0 radical (unpaired) electrons. The van der Waals surface area contributed by atoms with E-state index >= 15 is 0 Å². The van der Waals surface area contributed by atoms with E-state index in [0.29, 0.717) is 11.5 Å². The third-order valence-electron chi connectivity index (χ3n) is 7.98. The van der Waals surface area contributed by atoms with Crippen LogP contribution >= 0.6 is 0 Å². The molecule has 1 amide bonds. The van der Waals surface area contributed by atoms with Crippen molar-refractivity contribution in [1.29, 1.82) is 5.26 Å². The van der Waals surface area contributed by atoms with E-state index in [4.69, 9.17) is 10.4 Å². The Kier molecular flexibility index (Phi) is 3.93. The lowest BCUT2D eigenvalue weighted by Crippen LogP contribution is -2.52. The lowest BCUT2D eigenvalue weighted by molar-refractivity contribution is -0.128. The highest BCUT2D eigenvalue weighted by Crippen LogP contribution is 2.58. The molecule has 4 bridgehead atoms. The summed E-state index contributed by atoms with van der Waals surface area (Å²) in [7, 11) is 0. The van der Waals surface area contributed by atoms with E-state index in [1.165, 1.54) is 37.7 Å². The van der Waals surface area contributed by atoms with Gasteiger partial charge in [0.2, 0.25) is 0 Å². The molecule has 2 heterocycles. The zero-order chi connectivity index (χ0) is 20.4. The Morgan fingerprint density at radius 2 is 1.73 bits per heavy atom. The second-order valence-electron chi connectivity index (χ2n) is 9.78. The molecule has 0 aromatic heterocycles. The van der Waals surface area contributed by atoms with E-state index in [0.717, 1.165) is 40.6 Å². The van der Waals surface area contributed by atoms with Gasteiger partial charge in [-0.1, -0.05) is 12.1 Å². The second-order valence-corrected chi connectivity index (χ2v) is 9.78. The molecule has 4 saturated carbocycles. The van der Waals surface area contributed by atoms with Crippen LogP contribution in [0.3, 0.4) is 0 Å². The van der Waals surface area contributed by atoms with Crippen LogP contribution in [0, 0.1) is 40.9 Å². The van der Waals surface area contributed by atoms with Gasteiger partial charge in [-0.25, -0.2) is 5.01 Å². The first-order valence-corrected chi connectivity index (χ1v) is 11.2. The Balaban J connectivity index is 1.31. The predicted octanol–water partition coefficient (Wildman–Crippen LogP) is 4.05. The number of fused-ring (bicyclic) bond motifs is 1. The van der Waals surface area contributed by atoms with Crippen molar-refractivity contribution >= 4 is 17.3 Å². The first kappa shape index (κ1) is 17.9. The number of hydrogen-bond donors (Lipinski definition) is 1. The van der Waals surface area contributed by atoms with Crippen molar-refractivity contribution < 1.29 is 4.79 Å². The number of carbonyl (C=O) groups is 1. The van der Waals surface area contributed by atoms with Crippen LogP contribution in [0.2, 0.25) is 0 Å². The van der Waals surface area contributed by atoms with E-state index in [1.54, 1.807) is 23.2 Å². The first-order valence-electron chi connectivity index (χ1n) is 11.2. The Morgan fingerprint density at radius 3 is 2.37 bits per heavy atom. The second kappa shape index (κ2) is 6.57. The molecule has 152 valence electrons. The van der Waals surface area contributed by atoms with Crippen molar-refractivity contribution in [2.45, 2.75) is 45.2 Å². The maximum Gasteiger partial charge on any atom is 0.271 e. The van der Waals surface area contributed by atoms with Crippen LogP contribution in [0.15, 0.2) is 47.1 Å². The molecule has 7 rings (SSSR count). The summed E-state index contributed by atoms with van der Waals surface area (Å²) in [6.07, 6.45) is 10.6. The smallest absolute Gasteiger partial charge is 0.271 e. The van der Waals surface area contributed by atoms with Gasteiger partial charge in [0.05, 0.1) is 17.3 Å². The maximum absolute atomic E-state index is 12.8. The molecule has 5 heteroatoms. The monoisotopic (exact) mass is 398 g/mol. The van der Waals surface area contributed by atoms with Crippen LogP contribution in [0.4, 0.5) is 0 Å². The molecule has 5 nitrogen and oxygen atoms in total. The Hall–Kier alpha value is -2.87. The largest absolute Gasteiger partial charge is 0.360 e. The number of hydrazone groups is 1. The average molecular weight is 399 g/mol. The van der Waals surface area contributed by atoms with Crippen LogP contribution in [-0.4, -0.2) is 22.8 Å². The molecular formula is C25H26N4O. The summed E-state index contributed by atoms with van der Waals surface area (Å²) in [5, 5.41) is 18.9. The van der Waals surface area contributed by atoms with Crippen molar-refractivity contribution in [2.75, 3.05) is 0 Å². The Morgan fingerprint density at radius 1 is 1.07 bits per heavy atom. The van der Waals surface area contributed by atoms with Crippen molar-refractivity contribution in [3.63, 3.8) is 0 Å². The van der Waals surface area contributed by atoms with Gasteiger partial charge >= 0.3 is 0 Å². The summed E-state index contributed by atoms with van der Waals surface area (Å²) >= 11 is 0. The van der Waals surface area contributed by atoms with Gasteiger partial charge in [-0.2, -0.15) is 10.4 Å². The lowest BCUT2D eigenvalue weighted by atomic mass is 9.50. The molecule has 2 aliphatic heterocycles. The van der Waals surface area contributed by atoms with Crippen molar-refractivity contribution in [1.82, 2.24) is 10.3 Å². The number of amides is 1. The summed E-state index contributed by atoms with van der Waals surface area (Å²) in [5.41, 5.74) is 4.70. The fraction of sp³-hybridized carbons (Fsp3) is 0.480. The van der Waals surface area contributed by atoms with Gasteiger partial charge in [-0.05, 0) is 98.0 Å². The fourth-order valence-corrected chi connectivity index (χ4v) is 7.00. The number of rotatable bonds is 2. The standard InChI is InChI=1S/C25H26N4O/c1-14-21(25-19-7-16-6-17(9-19)10-20(25)8-16)11-23-27-22(12-24(30)29(23)28-14)18-4-2-15(13-26)3-5-18/h2-5,11-12,16-17,19-20,23,25,27H,6-10H2,1H3. The molecule has 1 atom stereocenters. The minimum absolute atomic E-state index is 0.0992. The maximum atomic E-state index is 12.8. The van der Waals surface area contributed by atoms with E-state index < -0.39 is 0 Å². The van der Waals surface area contributed by atoms with Crippen molar-refractivity contribution in [3.8, 4) is 6.07 Å². The number of carbonyl (C=O) groups excluding carboxylic acids is 1. The van der Waals surface area contributed by atoms with Gasteiger partial charge in [-0.3, -0.25) is 4.79 Å². The van der Waals surface area contributed by atoms with Crippen LogP contribution < -0.4 is 5.32 Å². The predicted molar refractivity (Wildman–Crippen MR) is 115 cm³/mol. The van der Waals surface area contributed by atoms with E-state index in [2.05, 4.69) is 24.4 Å². The number of nitrogens with zero attached hydrogens (tertiary/aromatic N) is 3. The lowest BCUT2D eigenvalue weighted by Gasteiger charge is -2.55. The van der Waals surface area contributed by atoms with Gasteiger partial charge in [0.25, 0.3) is 5.91 Å². The minimum Gasteiger partial charge on any atom is -0.360 e. The molecule has 0 saturated heterocycles. The third kappa shape index (κ3) is 2.74. The molecule has 1 aromatic carbocycles. The van der Waals surface area contributed by atoms with Gasteiger partial charge in [0, 0.05) is 11.8 Å². The highest BCUT2D eigenvalue weighted by Gasteiger charge is 2.50. The molecular weight excluding hydrogens is 372 g/mol. The highest BCUT2D eigenvalue weighted by atomic mass is 16.2. The Bertz CT molecular complexity index is 1010. The fourth-order valence-electron chi connectivity index (χ4n) is 7.00. The number of hydrogen-bond acceptors (Lipinski definition) is 4. The van der Waals surface area contributed by atoms with Crippen molar-refractivity contribution in [3.05, 3.63) is 53.1 Å². The van der Waals surface area contributed by atoms with Crippen LogP contribution in [0.1, 0.15) is 50.2 Å². The molecule has 6 aliphatic rings. The van der Waals surface area contributed by atoms with Crippen LogP contribution in [0.25, 0.3) is 5.70 Å². The topological polar surface area (TPSA) is 68.5 Å². The average Bonchev–Trinajstić information content (AvgIpc) is 2.74. The number of benzene rings is 1. The molecule has 1 unspecified atom stereocenters. The molecule has 4 fully saturated rings. The summed E-state index contributed by atoms with van der Waals surface area (Å²) in [6.45, 7) is 2.07. The minimum atomic E-state index is -0.246. The van der Waals surface area contributed by atoms with E-state index in [-0.39, 0.29) is 12.1 Å². The summed E-state index contributed by atoms with van der Waals surface area (Å²) in [4.78, 5) is 12.8. The molecule has 1 N–H and O–H groups in total. The molecule has 30 heavy (non-hydrogen) atoms. The number of allylic oxidation sites excluding steroid dienone is 1. The van der Waals surface area contributed by atoms with Crippen molar-refractivity contribution in [2.24, 2.45) is 34.7 Å². The summed E-state index contributed by atoms with van der Waals surface area (Å²) in [5.74, 6) is 3.97. The zero-order valence-electron chi connectivity index (χ0n) is 17.2. The Labute approximate surface area is 177 Å². The number of nitriles is 1. The number of nitrogens with one attached hydrogen (secondary N) is 1. The normalized spacial score (nSPS) is 36.3. The van der Waals surface area contributed by atoms with Gasteiger partial charge in [-0.15, -0.1) is 0 Å². The molecule has 4 aliphatic carbocycles. The van der Waals surface area contributed by atoms with Gasteiger partial charge in [0.1, 0.15) is 6.17 Å². The summed E-state index contributed by atoms with van der Waals surface area (Å²) in [6, 6.07) is 9.49. The third-order valence-corrected chi connectivity index (χ3v) is 7.98. The first-order chi connectivity index (χ1) is 14.6. The zero-order valence-corrected chi connectivity index (χ0v) is 17.2. The SMILES string of the molecule is CC1=NN2C(=O)C=C(c3ccc(C#N)cc3)NC2C=C1C1C2CC3CC(C2)CC1C3. The van der Waals surface area contributed by atoms with Gasteiger partial charge < -0.3 is 5.32 Å². The van der Waals surface area contributed by atoms with E-state index in [9.17, 15) is 4.79 Å². The van der Waals surface area contributed by atoms with Crippen LogP contribution in [-0.2, 0) is 4.79 Å². The quantitative estimate of drug-likeness (QED) is 0.817. The summed E-state index contributed by atoms with van der Waals surface area (Å²) < 4.78 is 0. The highest BCUT2D eigenvalue weighted by molar-refractivity contribution is 6.03. The molecule has 0 spiro atoms.